The van der Waals surface area contributed by atoms with E-state index in [1.807, 2.05) is 0 Å². The number of hydrogen-bond acceptors (Lipinski definition) is 42. The number of fused-ring (bicyclic) bond motifs is 2. The number of rotatable bonds is 14. The van der Waals surface area contributed by atoms with E-state index in [1.165, 1.54) is 13.8 Å². The summed E-state index contributed by atoms with van der Waals surface area (Å²) in [5.41, 5.74) is 1.02. The molecule has 4 aromatic carbocycles. The van der Waals surface area contributed by atoms with E-state index in [-0.39, 0.29) is 0 Å². The van der Waals surface area contributed by atoms with Crippen LogP contribution in [0.1, 0.15) is 36.8 Å². The Hall–Kier alpha value is -5.18. The normalized spacial score (nSPS) is 45.3. The molecule has 16 bridgehead atoms. The maximum atomic E-state index is 14.1. The third-order valence-electron chi connectivity index (χ3n) is 22.6. The van der Waals surface area contributed by atoms with E-state index in [0.29, 0.717) is 21.9 Å². The summed E-state index contributed by atoms with van der Waals surface area (Å²) < 4.78 is 107. The fraction of sp³-hybridized carbons (Fsp3) is 0.703. The SMILES string of the molecule is C[C@@H](C(=O)OC[C@H]1O[C@@H]2O[C@H]3[C@H](O)[C@@H](O)[C@@H](O[C@H]4[C@@H](O)[C@H](O)[C@@H](O[C@H]5[C@H](O)[C@@H](O)[C@@H](O[C@H]6[C@H](O)[C@@H](O)[C@@H](O[C@H]7[C@H](O)[C@@H](O)[C@@H](O[C@H]8[C@H](O)[C@@H](O)[C@@H](O[C@H]9[C@@H](O)[C@H](O)[C@@H](O[C@H]1[C@H](O)[C@@H]2O)O[C@@H]9CO)O[C@@H]8CO)O[C@@H]7CO)O[C@@H]6COC(=O)[C@H](C)c1cccc2ccccc12)O[C@@H]5CO)O[C@@H]4CO)O[C@@H]3CO)c1cccc2ccccc12. The number of esters is 2. The Morgan fingerprint density at radius 2 is 0.440 bits per heavy atom. The zero-order chi connectivity index (χ0) is 83.2. The quantitative estimate of drug-likeness (QED) is 0.0521. The van der Waals surface area contributed by atoms with Gasteiger partial charge in [0.05, 0.1) is 51.5 Å². The number of ether oxygens (including phenoxy) is 18. The van der Waals surface area contributed by atoms with E-state index >= 15 is 0 Å². The number of hydrogen-bond donors (Lipinski definition) is 22. The van der Waals surface area contributed by atoms with Crippen LogP contribution in [0.2, 0.25) is 0 Å². The van der Waals surface area contributed by atoms with Gasteiger partial charge in [-0.3, -0.25) is 9.59 Å². The van der Waals surface area contributed by atoms with Gasteiger partial charge in [0.2, 0.25) is 0 Å². The second-order valence-corrected chi connectivity index (χ2v) is 29.9. The molecule has 0 spiro atoms. The summed E-state index contributed by atoms with van der Waals surface area (Å²) in [6, 6.07) is 24.6. The van der Waals surface area contributed by atoms with Gasteiger partial charge in [-0.2, -0.15) is 0 Å². The summed E-state index contributed by atoms with van der Waals surface area (Å²) >= 11 is 0. The van der Waals surface area contributed by atoms with Crippen LogP contribution < -0.4 is 0 Å². The first-order chi connectivity index (χ1) is 55.5. The van der Waals surface area contributed by atoms with Crippen LogP contribution in [0.25, 0.3) is 21.5 Å². The number of aliphatic hydroxyl groups is 22. The van der Waals surface area contributed by atoms with Crippen molar-refractivity contribution in [1.82, 2.24) is 0 Å². The molecule has 30 aliphatic rings. The summed E-state index contributed by atoms with van der Waals surface area (Å²) in [5.74, 6) is -3.83. The molecule has 116 heavy (non-hydrogen) atoms. The summed E-state index contributed by atoms with van der Waals surface area (Å²) in [6.07, 6.45) is -85.2. The van der Waals surface area contributed by atoms with Crippen LogP contribution in [0.5, 0.6) is 0 Å². The van der Waals surface area contributed by atoms with E-state index in [9.17, 15) is 122 Å². The maximum Gasteiger partial charge on any atom is 0.313 e. The highest BCUT2D eigenvalue weighted by Crippen LogP contribution is 2.41. The van der Waals surface area contributed by atoms with Gasteiger partial charge in [-0.15, -0.1) is 0 Å². The van der Waals surface area contributed by atoms with Gasteiger partial charge in [0.15, 0.2) is 50.3 Å². The Labute approximate surface area is 658 Å². The van der Waals surface area contributed by atoms with E-state index in [4.69, 9.17) is 85.3 Å². The van der Waals surface area contributed by atoms with Gasteiger partial charge in [-0.25, -0.2) is 0 Å². The Balaban J connectivity index is 0.788. The molecule has 4 aromatic rings. The van der Waals surface area contributed by atoms with Crippen LogP contribution >= 0.6 is 0 Å². The van der Waals surface area contributed by atoms with Gasteiger partial charge < -0.3 is 198 Å². The first kappa shape index (κ1) is 88.6. The summed E-state index contributed by atoms with van der Waals surface area (Å²) in [5, 5.41) is 257. The third kappa shape index (κ3) is 17.8. The molecule has 42 nitrogen and oxygen atoms in total. The van der Waals surface area contributed by atoms with Crippen LogP contribution in [0.4, 0.5) is 0 Å². The fourth-order valence-corrected chi connectivity index (χ4v) is 16.0. The van der Waals surface area contributed by atoms with Gasteiger partial charge in [0.25, 0.3) is 0 Å². The predicted molar refractivity (Wildman–Crippen MR) is 374 cm³/mol. The monoisotopic (exact) mass is 1660 g/mol. The lowest BCUT2D eigenvalue weighted by atomic mass is 9.94. The second-order valence-electron chi connectivity index (χ2n) is 29.9. The molecule has 0 radical (unpaired) electrons. The van der Waals surface area contributed by atoms with Crippen molar-refractivity contribution in [3.63, 3.8) is 0 Å². The average Bonchev–Trinajstić information content (AvgIpc) is 0.770. The average molecular weight is 1660 g/mol. The van der Waals surface area contributed by atoms with Gasteiger partial charge in [0.1, 0.15) is 209 Å². The fourth-order valence-electron chi connectivity index (χ4n) is 16.0. The minimum absolute atomic E-state index is 0.510. The molecule has 42 heteroatoms. The van der Waals surface area contributed by atoms with Crippen molar-refractivity contribution in [2.45, 2.75) is 271 Å². The molecule has 34 rings (SSSR count). The van der Waals surface area contributed by atoms with Crippen molar-refractivity contribution in [2.24, 2.45) is 0 Å². The number of carbonyl (C=O) groups is 2. The molecule has 42 atom stereocenters. The highest BCUT2D eigenvalue weighted by atomic mass is 16.8. The molecule has 30 heterocycles. The molecule has 30 saturated heterocycles. The van der Waals surface area contributed by atoms with Crippen molar-refractivity contribution in [2.75, 3.05) is 52.9 Å². The lowest BCUT2D eigenvalue weighted by Gasteiger charge is -2.50. The topological polar surface area (TPSA) is 645 Å². The first-order valence-corrected chi connectivity index (χ1v) is 37.8. The largest absolute Gasteiger partial charge is 0.462 e. The zero-order valence-corrected chi connectivity index (χ0v) is 62.0. The number of aliphatic hydroxyl groups excluding tert-OH is 22. The van der Waals surface area contributed by atoms with Crippen LogP contribution in [-0.2, 0) is 94.9 Å². The van der Waals surface area contributed by atoms with Crippen molar-refractivity contribution in [1.29, 1.82) is 0 Å². The summed E-state index contributed by atoms with van der Waals surface area (Å²) in [7, 11) is 0. The molecule has 0 saturated carbocycles. The Morgan fingerprint density at radius 1 is 0.259 bits per heavy atom. The Kier molecular flexibility index (Phi) is 29.1. The smallest absolute Gasteiger partial charge is 0.313 e. The van der Waals surface area contributed by atoms with Crippen molar-refractivity contribution >= 4 is 33.5 Å². The van der Waals surface area contributed by atoms with Gasteiger partial charge in [0, 0.05) is 0 Å². The number of benzene rings is 4. The third-order valence-corrected chi connectivity index (χ3v) is 22.6. The van der Waals surface area contributed by atoms with E-state index in [2.05, 4.69) is 0 Å². The lowest BCUT2D eigenvalue weighted by Crippen LogP contribution is -2.69. The van der Waals surface area contributed by atoms with E-state index < -0.39 is 322 Å². The van der Waals surface area contributed by atoms with Crippen LogP contribution in [0.15, 0.2) is 84.9 Å². The van der Waals surface area contributed by atoms with Crippen molar-refractivity contribution in [3.8, 4) is 0 Å². The molecular formula is C74H100O42. The minimum Gasteiger partial charge on any atom is -0.462 e. The lowest BCUT2D eigenvalue weighted by molar-refractivity contribution is -0.404. The molecule has 22 N–H and O–H groups in total. The molecular weight excluding hydrogens is 1560 g/mol. The molecule has 0 unspecified atom stereocenters. The van der Waals surface area contributed by atoms with Crippen molar-refractivity contribution < 1.29 is 207 Å². The van der Waals surface area contributed by atoms with E-state index in [1.54, 1.807) is 84.9 Å². The maximum absolute atomic E-state index is 14.1. The highest BCUT2D eigenvalue weighted by molar-refractivity contribution is 5.92. The van der Waals surface area contributed by atoms with Crippen LogP contribution in [0, 0.1) is 0 Å². The molecule has 30 aliphatic heterocycles. The molecule has 648 valence electrons. The molecule has 0 aliphatic carbocycles. The highest BCUT2D eigenvalue weighted by Gasteiger charge is 2.61. The minimum atomic E-state index is -2.34. The van der Waals surface area contributed by atoms with Gasteiger partial charge in [-0.1, -0.05) is 84.9 Å². The second kappa shape index (κ2) is 38.1. The number of carbonyl (C=O) groups excluding carboxylic acids is 2. The summed E-state index contributed by atoms with van der Waals surface area (Å²) in [6.45, 7) is -5.56. The molecule has 0 amide bonds. The first-order valence-electron chi connectivity index (χ1n) is 37.8. The Morgan fingerprint density at radius 3 is 0.647 bits per heavy atom. The standard InChI is InChI=1S/C74H100O42/c1-25(29-15-7-11-27-9-3-5-13-31(27)29)65(97)99-23-39-63-47(87)55(95)73(107-39)113-61-37(21-79)103-69(51(91)43(61)83)109-57-33(17-75)102-68(50(90)42(57)82)112-60-36(20-78)106-72(54(94)46(60)86)116-64-40(24-100-66(98)26(2)30-16-8-12-28-10-4-6-14-32(28)30)108-74(56(96)48(64)88)114-62-38(22-80)104-70(52(92)44(62)84)110-58-34(18-76)101-67(49(89)41(58)81)111-59-35(19-77)105-71(115-63)53(93)45(59)85/h3-16,25-26,33-64,67-96H,17-24H2,1-2H3/t25-,26-,33-,34-,35-,36-,37-,38-,39-,40-,41-,42+,43-,44-,45+,46-,47-,48-,49-,50+,51-,52-,53+,54-,55+,56-,57-,58-,59-,60-,61-,62-,63-,64-,67-,68-,69-,70-,71-,72-,73-,74-/m1/s1. The molecule has 0 aromatic heterocycles. The van der Waals surface area contributed by atoms with E-state index in [0.717, 1.165) is 10.8 Å². The van der Waals surface area contributed by atoms with Crippen LogP contribution in [-0.4, -0.2) is 423 Å². The summed E-state index contributed by atoms with van der Waals surface area (Å²) in [4.78, 5) is 28.2. The van der Waals surface area contributed by atoms with Gasteiger partial charge in [-0.05, 0) is 46.5 Å². The predicted octanol–water partition coefficient (Wildman–Crippen LogP) is -10.4. The molecule has 30 fully saturated rings. The van der Waals surface area contributed by atoms with Gasteiger partial charge >= 0.3 is 11.9 Å². The van der Waals surface area contributed by atoms with Crippen molar-refractivity contribution in [3.05, 3.63) is 96.1 Å². The zero-order valence-electron chi connectivity index (χ0n) is 62.0. The Bertz CT molecular complexity index is 3590. The van der Waals surface area contributed by atoms with Crippen LogP contribution in [0.3, 0.4) is 0 Å².